The third kappa shape index (κ3) is 3.80. The maximum Gasteiger partial charge on any atom is 0.257 e. The molecule has 0 radical (unpaired) electrons. The van der Waals surface area contributed by atoms with Gasteiger partial charge >= 0.3 is 0 Å². The fraction of sp³-hybridized carbons (Fsp3) is 0.182. The number of nitrogens with one attached hydrogen (secondary N) is 1. The Kier molecular flexibility index (Phi) is 4.95. The van der Waals surface area contributed by atoms with Crippen LogP contribution >= 0.6 is 0 Å². The maximum atomic E-state index is 12.7. The van der Waals surface area contributed by atoms with Crippen LogP contribution in [-0.2, 0) is 7.05 Å². The maximum absolute atomic E-state index is 12.7. The lowest BCUT2D eigenvalue weighted by molar-refractivity contribution is 0.102. The summed E-state index contributed by atoms with van der Waals surface area (Å²) in [6.07, 6.45) is 5.03. The van der Waals surface area contributed by atoms with E-state index >= 15 is 0 Å². The van der Waals surface area contributed by atoms with Crippen molar-refractivity contribution in [1.82, 2.24) is 19.7 Å². The first kappa shape index (κ1) is 18.6. The number of para-hydroxylation sites is 1. The fourth-order valence-electron chi connectivity index (χ4n) is 3.16. The zero-order chi connectivity index (χ0) is 20.4. The topological polar surface area (TPSA) is 81.9 Å². The number of benzene rings is 1. The van der Waals surface area contributed by atoms with Crippen molar-refractivity contribution in [2.75, 3.05) is 5.32 Å². The number of amides is 1. The molecule has 1 N–H and O–H groups in total. The van der Waals surface area contributed by atoms with Crippen LogP contribution < -0.4 is 10.1 Å². The van der Waals surface area contributed by atoms with Crippen LogP contribution in [0.15, 0.2) is 61.1 Å². The number of carbonyl (C=O) groups is 1. The second kappa shape index (κ2) is 7.71. The molecule has 29 heavy (non-hydrogen) atoms. The highest BCUT2D eigenvalue weighted by atomic mass is 16.5. The summed E-state index contributed by atoms with van der Waals surface area (Å²) in [5, 5.41) is 8.13. The minimum Gasteiger partial charge on any atom is -0.475 e. The lowest BCUT2D eigenvalue weighted by Gasteiger charge is -2.12. The molecule has 0 saturated heterocycles. The molecule has 7 nitrogen and oxygen atoms in total. The molecular formula is C22H21N5O2. The first-order valence-corrected chi connectivity index (χ1v) is 9.33. The van der Waals surface area contributed by atoms with E-state index in [-0.39, 0.29) is 12.0 Å². The van der Waals surface area contributed by atoms with Crippen LogP contribution in [0.1, 0.15) is 24.2 Å². The van der Waals surface area contributed by atoms with Crippen molar-refractivity contribution >= 4 is 22.5 Å². The van der Waals surface area contributed by atoms with Crippen molar-refractivity contribution < 1.29 is 9.53 Å². The van der Waals surface area contributed by atoms with Gasteiger partial charge < -0.3 is 10.1 Å². The van der Waals surface area contributed by atoms with Crippen LogP contribution in [0.2, 0.25) is 0 Å². The van der Waals surface area contributed by atoms with Crippen molar-refractivity contribution in [2.24, 2.45) is 7.05 Å². The molecule has 4 aromatic rings. The first-order valence-electron chi connectivity index (χ1n) is 9.33. The van der Waals surface area contributed by atoms with Gasteiger partial charge in [-0.05, 0) is 38.1 Å². The molecule has 0 spiro atoms. The number of nitrogens with zero attached hydrogens (tertiary/aromatic N) is 4. The molecule has 146 valence electrons. The molecule has 3 heterocycles. The molecule has 7 heteroatoms. The van der Waals surface area contributed by atoms with Gasteiger partial charge in [-0.15, -0.1) is 0 Å². The lowest BCUT2D eigenvalue weighted by Crippen LogP contribution is -2.13. The molecule has 0 saturated carbocycles. The van der Waals surface area contributed by atoms with Gasteiger partial charge in [0.2, 0.25) is 5.88 Å². The number of anilines is 1. The minimum absolute atomic E-state index is 0.0255. The Morgan fingerprint density at radius 1 is 1.07 bits per heavy atom. The van der Waals surface area contributed by atoms with Gasteiger partial charge in [0.1, 0.15) is 0 Å². The number of hydrogen-bond acceptors (Lipinski definition) is 5. The van der Waals surface area contributed by atoms with Crippen LogP contribution in [0.3, 0.4) is 0 Å². The van der Waals surface area contributed by atoms with Crippen LogP contribution in [0.5, 0.6) is 5.88 Å². The van der Waals surface area contributed by atoms with Gasteiger partial charge in [0.05, 0.1) is 28.6 Å². The average molecular weight is 387 g/mol. The predicted molar refractivity (Wildman–Crippen MR) is 112 cm³/mol. The summed E-state index contributed by atoms with van der Waals surface area (Å²) in [7, 11) is 1.90. The fourth-order valence-corrected chi connectivity index (χ4v) is 3.16. The molecule has 0 aliphatic carbocycles. The molecule has 4 rings (SSSR count). The second-order valence-electron chi connectivity index (χ2n) is 6.91. The summed E-state index contributed by atoms with van der Waals surface area (Å²) in [6, 6.07) is 13.0. The average Bonchev–Trinajstić information content (AvgIpc) is 3.13. The number of hydrogen-bond donors (Lipinski definition) is 1. The summed E-state index contributed by atoms with van der Waals surface area (Å²) in [5.74, 6) is 0.234. The second-order valence-corrected chi connectivity index (χ2v) is 6.91. The first-order chi connectivity index (χ1) is 14.0. The molecule has 0 fully saturated rings. The Morgan fingerprint density at radius 2 is 1.93 bits per heavy atom. The van der Waals surface area contributed by atoms with Gasteiger partial charge in [-0.1, -0.05) is 12.1 Å². The number of ether oxygens (including phenoxy) is 1. The van der Waals surface area contributed by atoms with Gasteiger partial charge in [-0.25, -0.2) is 4.98 Å². The van der Waals surface area contributed by atoms with E-state index in [9.17, 15) is 4.79 Å². The van der Waals surface area contributed by atoms with E-state index in [1.54, 1.807) is 24.5 Å². The third-order valence-corrected chi connectivity index (χ3v) is 4.47. The zero-order valence-electron chi connectivity index (χ0n) is 16.5. The zero-order valence-corrected chi connectivity index (χ0v) is 16.5. The van der Waals surface area contributed by atoms with Crippen molar-refractivity contribution in [1.29, 1.82) is 0 Å². The predicted octanol–water partition coefficient (Wildman–Crippen LogP) is 4.07. The van der Waals surface area contributed by atoms with E-state index < -0.39 is 0 Å². The van der Waals surface area contributed by atoms with Crippen LogP contribution in [0.4, 0.5) is 5.69 Å². The highest BCUT2D eigenvalue weighted by Gasteiger charge is 2.13. The van der Waals surface area contributed by atoms with E-state index in [2.05, 4.69) is 20.4 Å². The van der Waals surface area contributed by atoms with E-state index in [0.717, 1.165) is 16.6 Å². The summed E-state index contributed by atoms with van der Waals surface area (Å²) in [5.41, 5.74) is 3.78. The highest BCUT2D eigenvalue weighted by molar-refractivity contribution is 6.09. The standard InChI is InChI=1S/C22H21N5O2/c1-14(2)29-20-8-7-15(13-24-20)22(28)26-18-6-4-5-17-16(9-11-23-21(17)18)19-10-12-25-27(19)3/h4-14H,1-3H3,(H,26,28). The molecule has 1 amide bonds. The molecule has 1 aromatic carbocycles. The summed E-state index contributed by atoms with van der Waals surface area (Å²) >= 11 is 0. The summed E-state index contributed by atoms with van der Waals surface area (Å²) in [4.78, 5) is 21.4. The van der Waals surface area contributed by atoms with Crippen molar-refractivity contribution in [2.45, 2.75) is 20.0 Å². The number of aryl methyl sites for hydroxylation is 1. The van der Waals surface area contributed by atoms with Gasteiger partial charge in [0, 0.05) is 42.7 Å². The molecule has 0 aliphatic rings. The molecular weight excluding hydrogens is 366 g/mol. The lowest BCUT2D eigenvalue weighted by atomic mass is 10.1. The SMILES string of the molecule is CC(C)Oc1ccc(C(=O)Nc2cccc3c(-c4ccnn4C)ccnc23)cn1. The van der Waals surface area contributed by atoms with E-state index in [1.807, 2.05) is 55.9 Å². The van der Waals surface area contributed by atoms with Crippen LogP contribution in [-0.4, -0.2) is 31.8 Å². The normalized spacial score (nSPS) is 11.0. The minimum atomic E-state index is -0.256. The Balaban J connectivity index is 1.65. The number of rotatable bonds is 5. The van der Waals surface area contributed by atoms with Gasteiger partial charge in [-0.3, -0.25) is 14.5 Å². The van der Waals surface area contributed by atoms with E-state index in [4.69, 9.17) is 4.74 Å². The van der Waals surface area contributed by atoms with Gasteiger partial charge in [-0.2, -0.15) is 5.10 Å². The Labute approximate surface area is 168 Å². The number of pyridine rings is 2. The molecule has 0 unspecified atom stereocenters. The van der Waals surface area contributed by atoms with Crippen molar-refractivity contribution in [3.05, 3.63) is 66.6 Å². The van der Waals surface area contributed by atoms with E-state index in [1.165, 1.54) is 6.20 Å². The van der Waals surface area contributed by atoms with Crippen LogP contribution in [0, 0.1) is 0 Å². The summed E-state index contributed by atoms with van der Waals surface area (Å²) in [6.45, 7) is 3.85. The number of aromatic nitrogens is 4. The smallest absolute Gasteiger partial charge is 0.257 e. The Bertz CT molecular complexity index is 1170. The molecule has 0 bridgehead atoms. The molecule has 0 aliphatic heterocycles. The van der Waals surface area contributed by atoms with Crippen LogP contribution in [0.25, 0.3) is 22.2 Å². The van der Waals surface area contributed by atoms with E-state index in [0.29, 0.717) is 22.6 Å². The van der Waals surface area contributed by atoms with Crippen molar-refractivity contribution in [3.63, 3.8) is 0 Å². The summed E-state index contributed by atoms with van der Waals surface area (Å²) < 4.78 is 7.34. The Hall–Kier alpha value is -3.74. The number of carbonyl (C=O) groups excluding carboxylic acids is 1. The quantitative estimate of drug-likeness (QED) is 0.558. The molecule has 3 aromatic heterocycles. The van der Waals surface area contributed by atoms with Crippen molar-refractivity contribution in [3.8, 4) is 17.1 Å². The van der Waals surface area contributed by atoms with Gasteiger partial charge in [0.25, 0.3) is 5.91 Å². The third-order valence-electron chi connectivity index (χ3n) is 4.47. The number of fused-ring (bicyclic) bond motifs is 1. The highest BCUT2D eigenvalue weighted by Crippen LogP contribution is 2.30. The Morgan fingerprint density at radius 3 is 2.62 bits per heavy atom. The largest absolute Gasteiger partial charge is 0.475 e. The van der Waals surface area contributed by atoms with Gasteiger partial charge in [0.15, 0.2) is 0 Å². The molecule has 0 atom stereocenters. The monoisotopic (exact) mass is 387 g/mol.